The lowest BCUT2D eigenvalue weighted by Gasteiger charge is -2.34. The standard InChI is InChI=1S/C17H27NO/c1-4-12-18-16(17(3)11-6-13-19-17)15-9-7-14(5-2)8-10-15/h7-10,16,18H,4-6,11-13H2,1-3H3. The summed E-state index contributed by atoms with van der Waals surface area (Å²) in [6, 6.07) is 9.32. The number of rotatable bonds is 6. The van der Waals surface area contributed by atoms with Crippen LogP contribution in [0.25, 0.3) is 0 Å². The highest BCUT2D eigenvalue weighted by Crippen LogP contribution is 2.37. The van der Waals surface area contributed by atoms with Crippen molar-refractivity contribution in [1.82, 2.24) is 5.32 Å². The third-order valence-corrected chi connectivity index (χ3v) is 4.18. The molecule has 1 fully saturated rings. The molecule has 1 heterocycles. The van der Waals surface area contributed by atoms with Crippen LogP contribution in [0.15, 0.2) is 24.3 Å². The van der Waals surface area contributed by atoms with Crippen molar-refractivity contribution in [3.8, 4) is 0 Å². The minimum absolute atomic E-state index is 0.0527. The van der Waals surface area contributed by atoms with Crippen molar-refractivity contribution in [2.45, 2.75) is 58.1 Å². The highest BCUT2D eigenvalue weighted by Gasteiger charge is 2.38. The van der Waals surface area contributed by atoms with Gasteiger partial charge in [-0.15, -0.1) is 0 Å². The molecule has 1 N–H and O–H groups in total. The molecule has 0 spiro atoms. The summed E-state index contributed by atoms with van der Waals surface area (Å²) < 4.78 is 6.05. The Labute approximate surface area is 117 Å². The average Bonchev–Trinajstić information content (AvgIpc) is 2.87. The zero-order valence-electron chi connectivity index (χ0n) is 12.5. The van der Waals surface area contributed by atoms with E-state index in [-0.39, 0.29) is 5.60 Å². The van der Waals surface area contributed by atoms with Gasteiger partial charge in [-0.25, -0.2) is 0 Å². The van der Waals surface area contributed by atoms with Crippen molar-refractivity contribution in [2.75, 3.05) is 13.2 Å². The van der Waals surface area contributed by atoms with Crippen molar-refractivity contribution >= 4 is 0 Å². The number of hydrogen-bond acceptors (Lipinski definition) is 2. The van der Waals surface area contributed by atoms with Crippen LogP contribution in [0.5, 0.6) is 0 Å². The molecule has 2 nitrogen and oxygen atoms in total. The summed E-state index contributed by atoms with van der Waals surface area (Å²) >= 11 is 0. The molecule has 0 aromatic heterocycles. The normalized spacial score (nSPS) is 24.6. The van der Waals surface area contributed by atoms with Crippen LogP contribution < -0.4 is 5.32 Å². The maximum absolute atomic E-state index is 6.05. The Balaban J connectivity index is 2.20. The zero-order chi connectivity index (χ0) is 13.7. The van der Waals surface area contributed by atoms with Crippen LogP contribution in [0, 0.1) is 0 Å². The van der Waals surface area contributed by atoms with Gasteiger partial charge in [0.15, 0.2) is 0 Å². The van der Waals surface area contributed by atoms with Gasteiger partial charge in [0.05, 0.1) is 11.6 Å². The van der Waals surface area contributed by atoms with Crippen LogP contribution in [0.2, 0.25) is 0 Å². The third kappa shape index (κ3) is 3.37. The van der Waals surface area contributed by atoms with Crippen molar-refractivity contribution in [2.24, 2.45) is 0 Å². The van der Waals surface area contributed by atoms with E-state index in [0.29, 0.717) is 6.04 Å². The molecule has 0 aliphatic carbocycles. The highest BCUT2D eigenvalue weighted by molar-refractivity contribution is 5.27. The quantitative estimate of drug-likeness (QED) is 0.839. The molecule has 0 bridgehead atoms. The molecule has 2 unspecified atom stereocenters. The summed E-state index contributed by atoms with van der Waals surface area (Å²) in [5.74, 6) is 0. The smallest absolute Gasteiger partial charge is 0.0849 e. The van der Waals surface area contributed by atoms with Gasteiger partial charge in [-0.2, -0.15) is 0 Å². The van der Waals surface area contributed by atoms with Gasteiger partial charge < -0.3 is 10.1 Å². The lowest BCUT2D eigenvalue weighted by molar-refractivity contribution is -0.0124. The van der Waals surface area contributed by atoms with Crippen LogP contribution in [0.4, 0.5) is 0 Å². The first-order valence-corrected chi connectivity index (χ1v) is 7.66. The molecule has 1 aliphatic rings. The SMILES string of the molecule is CCCNC(c1ccc(CC)cc1)C1(C)CCCO1. The molecule has 2 heteroatoms. The second kappa shape index (κ2) is 6.53. The van der Waals surface area contributed by atoms with E-state index < -0.39 is 0 Å². The maximum atomic E-state index is 6.05. The predicted molar refractivity (Wildman–Crippen MR) is 80.4 cm³/mol. The van der Waals surface area contributed by atoms with Crippen molar-refractivity contribution in [1.29, 1.82) is 0 Å². The summed E-state index contributed by atoms with van der Waals surface area (Å²) in [4.78, 5) is 0. The van der Waals surface area contributed by atoms with E-state index >= 15 is 0 Å². The van der Waals surface area contributed by atoms with Crippen molar-refractivity contribution in [3.63, 3.8) is 0 Å². The Kier molecular flexibility index (Phi) is 5.00. The van der Waals surface area contributed by atoms with E-state index in [2.05, 4.69) is 50.4 Å². The van der Waals surface area contributed by atoms with Gasteiger partial charge in [0.1, 0.15) is 0 Å². The molecule has 2 atom stereocenters. The van der Waals surface area contributed by atoms with E-state index in [1.54, 1.807) is 0 Å². The first-order chi connectivity index (χ1) is 9.19. The Hall–Kier alpha value is -0.860. The van der Waals surface area contributed by atoms with Crippen LogP contribution in [0.1, 0.15) is 57.2 Å². The minimum atomic E-state index is -0.0527. The fourth-order valence-electron chi connectivity index (χ4n) is 2.95. The summed E-state index contributed by atoms with van der Waals surface area (Å²) in [6.45, 7) is 8.60. The third-order valence-electron chi connectivity index (χ3n) is 4.18. The topological polar surface area (TPSA) is 21.3 Å². The molecule has 19 heavy (non-hydrogen) atoms. The van der Waals surface area contributed by atoms with Gasteiger partial charge >= 0.3 is 0 Å². The summed E-state index contributed by atoms with van der Waals surface area (Å²) in [5.41, 5.74) is 2.70. The number of benzene rings is 1. The first-order valence-electron chi connectivity index (χ1n) is 7.66. The Morgan fingerprint density at radius 3 is 2.53 bits per heavy atom. The highest BCUT2D eigenvalue weighted by atomic mass is 16.5. The Morgan fingerprint density at radius 2 is 2.00 bits per heavy atom. The Morgan fingerprint density at radius 1 is 1.26 bits per heavy atom. The summed E-state index contributed by atoms with van der Waals surface area (Å²) in [5, 5.41) is 3.68. The fraction of sp³-hybridized carbons (Fsp3) is 0.647. The van der Waals surface area contributed by atoms with Gasteiger partial charge in [0, 0.05) is 6.61 Å². The largest absolute Gasteiger partial charge is 0.373 e. The number of ether oxygens (including phenoxy) is 1. The molecule has 1 aromatic rings. The van der Waals surface area contributed by atoms with E-state index in [0.717, 1.165) is 32.4 Å². The van der Waals surface area contributed by atoms with Crippen LogP contribution in [-0.4, -0.2) is 18.8 Å². The van der Waals surface area contributed by atoms with Crippen LogP contribution in [0.3, 0.4) is 0 Å². The number of nitrogens with one attached hydrogen (secondary N) is 1. The Bertz CT molecular complexity index is 379. The molecule has 106 valence electrons. The van der Waals surface area contributed by atoms with Gasteiger partial charge in [0.25, 0.3) is 0 Å². The maximum Gasteiger partial charge on any atom is 0.0849 e. The molecule has 0 radical (unpaired) electrons. The summed E-state index contributed by atoms with van der Waals surface area (Å²) in [6.07, 6.45) is 4.57. The molecule has 1 aliphatic heterocycles. The summed E-state index contributed by atoms with van der Waals surface area (Å²) in [7, 11) is 0. The van der Waals surface area contributed by atoms with Gasteiger partial charge in [-0.05, 0) is 50.3 Å². The predicted octanol–water partition coefficient (Wildman–Crippen LogP) is 3.86. The molecule has 1 aromatic carbocycles. The second-order valence-electron chi connectivity index (χ2n) is 5.75. The molecule has 1 saturated heterocycles. The molecular formula is C17H27NO. The lowest BCUT2D eigenvalue weighted by Crippen LogP contribution is -2.41. The van der Waals surface area contributed by atoms with Gasteiger partial charge in [-0.1, -0.05) is 38.1 Å². The lowest BCUT2D eigenvalue weighted by atomic mass is 9.87. The molecule has 0 saturated carbocycles. The monoisotopic (exact) mass is 261 g/mol. The van der Waals surface area contributed by atoms with E-state index in [1.165, 1.54) is 17.5 Å². The van der Waals surface area contributed by atoms with E-state index in [4.69, 9.17) is 4.74 Å². The number of aryl methyl sites for hydroxylation is 1. The number of hydrogen-bond donors (Lipinski definition) is 1. The first kappa shape index (κ1) is 14.5. The van der Waals surface area contributed by atoms with E-state index in [1.807, 2.05) is 0 Å². The van der Waals surface area contributed by atoms with Crippen molar-refractivity contribution < 1.29 is 4.74 Å². The average molecular weight is 261 g/mol. The van der Waals surface area contributed by atoms with Gasteiger partial charge in [-0.3, -0.25) is 0 Å². The van der Waals surface area contributed by atoms with E-state index in [9.17, 15) is 0 Å². The van der Waals surface area contributed by atoms with Gasteiger partial charge in [0.2, 0.25) is 0 Å². The fourth-order valence-corrected chi connectivity index (χ4v) is 2.95. The van der Waals surface area contributed by atoms with Crippen LogP contribution >= 0.6 is 0 Å². The molecule has 2 rings (SSSR count). The molecule has 0 amide bonds. The molecular weight excluding hydrogens is 234 g/mol. The van der Waals surface area contributed by atoms with Crippen molar-refractivity contribution in [3.05, 3.63) is 35.4 Å². The minimum Gasteiger partial charge on any atom is -0.373 e. The second-order valence-corrected chi connectivity index (χ2v) is 5.75. The van der Waals surface area contributed by atoms with Crippen LogP contribution in [-0.2, 0) is 11.2 Å². The zero-order valence-corrected chi connectivity index (χ0v) is 12.5.